The Balaban J connectivity index is 2.02. The molecule has 3 atom stereocenters. The smallest absolute Gasteiger partial charge is 0.326 e. The van der Waals surface area contributed by atoms with Crippen molar-refractivity contribution in [3.63, 3.8) is 0 Å². The van der Waals surface area contributed by atoms with Gasteiger partial charge in [-0.15, -0.1) is 0 Å². The highest BCUT2D eigenvalue weighted by atomic mass is 16.4. The standard InChI is InChI=1S/C12H18N4O3/c1-7-3-6-16(9(7)11(17)18)12(19)15-8(2)10-13-4-5-14-10/h4-5,7-9H,3,6H2,1-2H3,(H,13,14)(H,15,19)(H,17,18). The number of carboxylic acid groups (broad SMARTS) is 1. The third-order valence-corrected chi connectivity index (χ3v) is 3.48. The molecule has 1 aromatic rings. The van der Waals surface area contributed by atoms with Crippen LogP contribution in [0.25, 0.3) is 0 Å². The Labute approximate surface area is 111 Å². The number of amides is 2. The lowest BCUT2D eigenvalue weighted by Gasteiger charge is -2.25. The fourth-order valence-corrected chi connectivity index (χ4v) is 2.40. The Kier molecular flexibility index (Phi) is 3.73. The monoisotopic (exact) mass is 266 g/mol. The van der Waals surface area contributed by atoms with Crippen molar-refractivity contribution in [3.05, 3.63) is 18.2 Å². The summed E-state index contributed by atoms with van der Waals surface area (Å²) in [6.45, 7) is 4.11. The number of hydrogen-bond acceptors (Lipinski definition) is 3. The van der Waals surface area contributed by atoms with Gasteiger partial charge in [0.15, 0.2) is 0 Å². The molecule has 1 saturated heterocycles. The molecule has 0 saturated carbocycles. The van der Waals surface area contributed by atoms with Gasteiger partial charge in [0.05, 0.1) is 6.04 Å². The van der Waals surface area contributed by atoms with E-state index < -0.39 is 12.0 Å². The van der Waals surface area contributed by atoms with Gasteiger partial charge in [-0.25, -0.2) is 14.6 Å². The number of nitrogens with zero attached hydrogens (tertiary/aromatic N) is 2. The summed E-state index contributed by atoms with van der Waals surface area (Å²) >= 11 is 0. The normalized spacial score (nSPS) is 24.2. The first-order chi connectivity index (χ1) is 9.00. The van der Waals surface area contributed by atoms with Crippen molar-refractivity contribution in [1.82, 2.24) is 20.2 Å². The van der Waals surface area contributed by atoms with E-state index in [1.165, 1.54) is 4.90 Å². The number of H-pyrrole nitrogens is 1. The van der Waals surface area contributed by atoms with E-state index in [1.54, 1.807) is 19.3 Å². The number of nitrogens with one attached hydrogen (secondary N) is 2. The summed E-state index contributed by atoms with van der Waals surface area (Å²) in [5.74, 6) is -0.333. The Bertz CT molecular complexity index is 460. The van der Waals surface area contributed by atoms with Gasteiger partial charge in [0.1, 0.15) is 11.9 Å². The van der Waals surface area contributed by atoms with Crippen LogP contribution in [-0.4, -0.2) is 44.6 Å². The maximum Gasteiger partial charge on any atom is 0.326 e. The van der Waals surface area contributed by atoms with E-state index in [9.17, 15) is 14.7 Å². The van der Waals surface area contributed by atoms with E-state index in [-0.39, 0.29) is 18.0 Å². The fraction of sp³-hybridized carbons (Fsp3) is 0.583. The molecule has 0 spiro atoms. The molecule has 0 aliphatic carbocycles. The summed E-state index contributed by atoms with van der Waals surface area (Å²) < 4.78 is 0. The van der Waals surface area contributed by atoms with Gasteiger partial charge in [-0.1, -0.05) is 6.92 Å². The topological polar surface area (TPSA) is 98.3 Å². The number of aromatic nitrogens is 2. The number of aromatic amines is 1. The number of rotatable bonds is 3. The number of likely N-dealkylation sites (tertiary alicyclic amines) is 1. The van der Waals surface area contributed by atoms with Crippen LogP contribution in [-0.2, 0) is 4.79 Å². The zero-order valence-corrected chi connectivity index (χ0v) is 11.0. The van der Waals surface area contributed by atoms with Crippen LogP contribution in [0.4, 0.5) is 4.79 Å². The minimum Gasteiger partial charge on any atom is -0.480 e. The molecule has 0 radical (unpaired) electrons. The van der Waals surface area contributed by atoms with Gasteiger partial charge in [0, 0.05) is 18.9 Å². The third kappa shape index (κ3) is 2.69. The fourth-order valence-electron chi connectivity index (χ4n) is 2.40. The lowest BCUT2D eigenvalue weighted by atomic mass is 10.0. The largest absolute Gasteiger partial charge is 0.480 e. The van der Waals surface area contributed by atoms with Gasteiger partial charge in [0.2, 0.25) is 0 Å². The molecule has 3 N–H and O–H groups in total. The molecular formula is C12H18N4O3. The van der Waals surface area contributed by atoms with E-state index >= 15 is 0 Å². The molecule has 7 heteroatoms. The predicted molar refractivity (Wildman–Crippen MR) is 67.4 cm³/mol. The summed E-state index contributed by atoms with van der Waals surface area (Å²) in [6.07, 6.45) is 3.99. The molecule has 3 unspecified atom stereocenters. The van der Waals surface area contributed by atoms with E-state index in [0.717, 1.165) is 0 Å². The predicted octanol–water partition coefficient (Wildman–Crippen LogP) is 0.975. The molecule has 2 rings (SSSR count). The maximum atomic E-state index is 12.1. The van der Waals surface area contributed by atoms with Gasteiger partial charge in [-0.3, -0.25) is 0 Å². The highest BCUT2D eigenvalue weighted by Crippen LogP contribution is 2.24. The molecular weight excluding hydrogens is 248 g/mol. The van der Waals surface area contributed by atoms with Crippen molar-refractivity contribution in [2.75, 3.05) is 6.54 Å². The van der Waals surface area contributed by atoms with Crippen molar-refractivity contribution >= 4 is 12.0 Å². The summed E-state index contributed by atoms with van der Waals surface area (Å²) in [7, 11) is 0. The van der Waals surface area contributed by atoms with Crippen LogP contribution in [0.1, 0.15) is 32.1 Å². The number of imidazole rings is 1. The Morgan fingerprint density at radius 1 is 1.63 bits per heavy atom. The molecule has 104 valence electrons. The van der Waals surface area contributed by atoms with Gasteiger partial charge < -0.3 is 20.3 Å². The van der Waals surface area contributed by atoms with E-state index in [4.69, 9.17) is 0 Å². The van der Waals surface area contributed by atoms with Crippen LogP contribution in [0.3, 0.4) is 0 Å². The molecule has 2 heterocycles. The lowest BCUT2D eigenvalue weighted by Crippen LogP contribution is -2.48. The summed E-state index contributed by atoms with van der Waals surface area (Å²) in [4.78, 5) is 31.7. The molecule has 0 aromatic carbocycles. The number of carbonyl (C=O) groups excluding carboxylic acids is 1. The van der Waals surface area contributed by atoms with Crippen molar-refractivity contribution < 1.29 is 14.7 Å². The second-order valence-electron chi connectivity index (χ2n) is 4.89. The molecule has 1 aliphatic heterocycles. The minimum absolute atomic E-state index is 0.0258. The summed E-state index contributed by atoms with van der Waals surface area (Å²) in [5.41, 5.74) is 0. The van der Waals surface area contributed by atoms with Crippen LogP contribution >= 0.6 is 0 Å². The Morgan fingerprint density at radius 2 is 2.37 bits per heavy atom. The quantitative estimate of drug-likeness (QED) is 0.759. The highest BCUT2D eigenvalue weighted by Gasteiger charge is 2.39. The molecule has 0 bridgehead atoms. The average molecular weight is 266 g/mol. The first-order valence-electron chi connectivity index (χ1n) is 6.30. The average Bonchev–Trinajstić information content (AvgIpc) is 2.96. The van der Waals surface area contributed by atoms with Gasteiger partial charge >= 0.3 is 12.0 Å². The summed E-state index contributed by atoms with van der Waals surface area (Å²) in [5, 5.41) is 11.9. The first kappa shape index (κ1) is 13.4. The second kappa shape index (κ2) is 5.29. The van der Waals surface area contributed by atoms with Gasteiger partial charge in [0.25, 0.3) is 0 Å². The van der Waals surface area contributed by atoms with Crippen molar-refractivity contribution in [3.8, 4) is 0 Å². The zero-order valence-electron chi connectivity index (χ0n) is 11.0. The SMILES string of the molecule is CC(NC(=O)N1CCC(C)C1C(=O)O)c1ncc[nH]1. The van der Waals surface area contributed by atoms with Crippen molar-refractivity contribution in [2.45, 2.75) is 32.4 Å². The minimum atomic E-state index is -0.953. The highest BCUT2D eigenvalue weighted by molar-refractivity contribution is 5.83. The number of carbonyl (C=O) groups is 2. The number of carboxylic acids is 1. The third-order valence-electron chi connectivity index (χ3n) is 3.48. The summed E-state index contributed by atoms with van der Waals surface area (Å²) in [6, 6.07) is -1.39. The number of aliphatic carboxylic acids is 1. The lowest BCUT2D eigenvalue weighted by molar-refractivity contribution is -0.142. The zero-order chi connectivity index (χ0) is 14.0. The maximum absolute atomic E-state index is 12.1. The molecule has 7 nitrogen and oxygen atoms in total. The van der Waals surface area contributed by atoms with Crippen LogP contribution < -0.4 is 5.32 Å². The van der Waals surface area contributed by atoms with Crippen LogP contribution in [0, 0.1) is 5.92 Å². The van der Waals surface area contributed by atoms with E-state index in [1.807, 2.05) is 6.92 Å². The Hall–Kier alpha value is -2.05. The molecule has 1 fully saturated rings. The molecule has 19 heavy (non-hydrogen) atoms. The number of urea groups is 1. The van der Waals surface area contributed by atoms with Crippen molar-refractivity contribution in [2.24, 2.45) is 5.92 Å². The van der Waals surface area contributed by atoms with Crippen molar-refractivity contribution in [1.29, 1.82) is 0 Å². The Morgan fingerprint density at radius 3 is 2.95 bits per heavy atom. The van der Waals surface area contributed by atoms with Crippen LogP contribution in [0.5, 0.6) is 0 Å². The number of hydrogen-bond donors (Lipinski definition) is 3. The second-order valence-corrected chi connectivity index (χ2v) is 4.89. The van der Waals surface area contributed by atoms with Gasteiger partial charge in [-0.05, 0) is 19.3 Å². The molecule has 1 aliphatic rings. The van der Waals surface area contributed by atoms with Crippen LogP contribution in [0.15, 0.2) is 12.4 Å². The van der Waals surface area contributed by atoms with E-state index in [0.29, 0.717) is 18.8 Å². The van der Waals surface area contributed by atoms with Gasteiger partial charge in [-0.2, -0.15) is 0 Å². The van der Waals surface area contributed by atoms with E-state index in [2.05, 4.69) is 15.3 Å². The molecule has 2 amide bonds. The first-order valence-corrected chi connectivity index (χ1v) is 6.30. The van der Waals surface area contributed by atoms with Crippen LogP contribution in [0.2, 0.25) is 0 Å². The molecule has 1 aromatic heterocycles.